The zero-order chi connectivity index (χ0) is 11.3. The van der Waals surface area contributed by atoms with Gasteiger partial charge in [0.2, 0.25) is 0 Å². The Balaban J connectivity index is 2.55. The standard InChI is InChI=1S/C11H13ClN2S/c1-14(2)8-7-11(15)13-10-5-3-9(12)4-6-10/h3-8H,1-2H3,(H,13,15). The lowest BCUT2D eigenvalue weighted by Gasteiger charge is -2.06. The Morgan fingerprint density at radius 3 is 2.47 bits per heavy atom. The lowest BCUT2D eigenvalue weighted by Crippen LogP contribution is -2.08. The second-order valence-electron chi connectivity index (χ2n) is 3.28. The molecule has 0 spiro atoms. The number of benzene rings is 1. The second-order valence-corrected chi connectivity index (χ2v) is 4.15. The Labute approximate surface area is 101 Å². The summed E-state index contributed by atoms with van der Waals surface area (Å²) in [5, 5.41) is 3.80. The summed E-state index contributed by atoms with van der Waals surface area (Å²) in [5.74, 6) is 0. The number of rotatable bonds is 3. The van der Waals surface area contributed by atoms with Gasteiger partial charge in [-0.25, -0.2) is 0 Å². The third-order valence-electron chi connectivity index (χ3n) is 1.64. The molecule has 0 bridgehead atoms. The number of hydrogen-bond acceptors (Lipinski definition) is 2. The van der Waals surface area contributed by atoms with Crippen molar-refractivity contribution in [3.8, 4) is 0 Å². The van der Waals surface area contributed by atoms with E-state index in [1.165, 1.54) is 0 Å². The molecule has 0 atom stereocenters. The number of hydrogen-bond donors (Lipinski definition) is 1. The van der Waals surface area contributed by atoms with Crippen LogP contribution in [0.15, 0.2) is 36.5 Å². The number of anilines is 1. The van der Waals surface area contributed by atoms with E-state index in [0.29, 0.717) is 4.99 Å². The fraction of sp³-hybridized carbons (Fsp3) is 0.182. The molecule has 0 fully saturated rings. The highest BCUT2D eigenvalue weighted by atomic mass is 35.5. The van der Waals surface area contributed by atoms with E-state index in [-0.39, 0.29) is 0 Å². The Morgan fingerprint density at radius 2 is 1.93 bits per heavy atom. The SMILES string of the molecule is CN(C)C=CC(=S)Nc1ccc(Cl)cc1. The fourth-order valence-corrected chi connectivity index (χ4v) is 1.24. The molecule has 1 aromatic rings. The maximum absolute atomic E-state index is 5.77. The van der Waals surface area contributed by atoms with Crippen molar-refractivity contribution in [1.29, 1.82) is 0 Å². The van der Waals surface area contributed by atoms with E-state index in [9.17, 15) is 0 Å². The molecule has 0 saturated carbocycles. The lowest BCUT2D eigenvalue weighted by atomic mass is 10.3. The van der Waals surface area contributed by atoms with Crippen molar-refractivity contribution in [2.75, 3.05) is 19.4 Å². The predicted octanol–water partition coefficient (Wildman–Crippen LogP) is 3.15. The van der Waals surface area contributed by atoms with Gasteiger partial charge in [-0.3, -0.25) is 0 Å². The van der Waals surface area contributed by atoms with Crippen LogP contribution in [0.25, 0.3) is 0 Å². The monoisotopic (exact) mass is 240 g/mol. The predicted molar refractivity (Wildman–Crippen MR) is 70.5 cm³/mol. The van der Waals surface area contributed by atoms with Crippen LogP contribution in [0, 0.1) is 0 Å². The molecule has 0 aliphatic rings. The minimum absolute atomic E-state index is 0.672. The number of nitrogens with zero attached hydrogens (tertiary/aromatic N) is 1. The van der Waals surface area contributed by atoms with E-state index in [1.54, 1.807) is 0 Å². The van der Waals surface area contributed by atoms with Crippen LogP contribution in [0.4, 0.5) is 5.69 Å². The molecule has 0 amide bonds. The molecular formula is C11H13ClN2S. The highest BCUT2D eigenvalue weighted by Gasteiger charge is 1.93. The molecule has 0 radical (unpaired) electrons. The van der Waals surface area contributed by atoms with Gasteiger partial charge in [0.15, 0.2) is 0 Å². The van der Waals surface area contributed by atoms with Crippen LogP contribution in [0.1, 0.15) is 0 Å². The number of thiocarbonyl (C=S) groups is 1. The van der Waals surface area contributed by atoms with Crippen molar-refractivity contribution in [1.82, 2.24) is 4.90 Å². The van der Waals surface area contributed by atoms with E-state index in [2.05, 4.69) is 5.32 Å². The highest BCUT2D eigenvalue weighted by Crippen LogP contribution is 2.13. The quantitative estimate of drug-likeness (QED) is 0.646. The van der Waals surface area contributed by atoms with E-state index in [1.807, 2.05) is 55.5 Å². The minimum atomic E-state index is 0.672. The molecule has 0 saturated heterocycles. The molecule has 80 valence electrons. The zero-order valence-electron chi connectivity index (χ0n) is 8.70. The van der Waals surface area contributed by atoms with E-state index in [0.717, 1.165) is 10.7 Å². The second kappa shape index (κ2) is 5.73. The normalized spacial score (nSPS) is 10.3. The van der Waals surface area contributed by atoms with Gasteiger partial charge >= 0.3 is 0 Å². The van der Waals surface area contributed by atoms with Crippen molar-refractivity contribution in [3.63, 3.8) is 0 Å². The smallest absolute Gasteiger partial charge is 0.105 e. The Morgan fingerprint density at radius 1 is 1.33 bits per heavy atom. The molecule has 0 aliphatic carbocycles. The zero-order valence-corrected chi connectivity index (χ0v) is 10.3. The van der Waals surface area contributed by atoms with Crippen LogP contribution >= 0.6 is 23.8 Å². The van der Waals surface area contributed by atoms with Gasteiger partial charge in [-0.1, -0.05) is 23.8 Å². The maximum Gasteiger partial charge on any atom is 0.105 e. The molecule has 1 rings (SSSR count). The first-order valence-corrected chi connectivity index (χ1v) is 5.28. The summed E-state index contributed by atoms with van der Waals surface area (Å²) < 4.78 is 0. The van der Waals surface area contributed by atoms with Crippen molar-refractivity contribution >= 4 is 34.5 Å². The summed E-state index contributed by atoms with van der Waals surface area (Å²) in [7, 11) is 3.89. The lowest BCUT2D eigenvalue weighted by molar-refractivity contribution is 0.564. The van der Waals surface area contributed by atoms with E-state index >= 15 is 0 Å². The maximum atomic E-state index is 5.77. The average Bonchev–Trinajstić information content (AvgIpc) is 2.19. The summed E-state index contributed by atoms with van der Waals surface area (Å²) in [6.07, 6.45) is 3.73. The first-order valence-electron chi connectivity index (χ1n) is 4.49. The Hall–Kier alpha value is -1.06. The van der Waals surface area contributed by atoms with E-state index < -0.39 is 0 Å². The van der Waals surface area contributed by atoms with Gasteiger partial charge in [0, 0.05) is 31.0 Å². The van der Waals surface area contributed by atoms with Gasteiger partial charge < -0.3 is 10.2 Å². The van der Waals surface area contributed by atoms with Crippen LogP contribution in [-0.2, 0) is 0 Å². The first kappa shape index (κ1) is 12.0. The summed E-state index contributed by atoms with van der Waals surface area (Å²) >= 11 is 10.9. The summed E-state index contributed by atoms with van der Waals surface area (Å²) in [5.41, 5.74) is 0.938. The minimum Gasteiger partial charge on any atom is -0.383 e. The average molecular weight is 241 g/mol. The van der Waals surface area contributed by atoms with Gasteiger partial charge in [0.05, 0.1) is 0 Å². The Bertz CT molecular complexity index is 357. The van der Waals surface area contributed by atoms with Gasteiger partial charge in [0.25, 0.3) is 0 Å². The molecular weight excluding hydrogens is 228 g/mol. The molecule has 15 heavy (non-hydrogen) atoms. The van der Waals surface area contributed by atoms with Crippen LogP contribution in [-0.4, -0.2) is 24.0 Å². The third-order valence-corrected chi connectivity index (χ3v) is 2.13. The molecule has 0 heterocycles. The Kier molecular flexibility index (Phi) is 4.59. The number of halogens is 1. The molecule has 0 unspecified atom stereocenters. The van der Waals surface area contributed by atoms with Gasteiger partial charge in [-0.05, 0) is 30.3 Å². The van der Waals surface area contributed by atoms with Crippen molar-refractivity contribution in [3.05, 3.63) is 41.6 Å². The van der Waals surface area contributed by atoms with Gasteiger partial charge in [-0.15, -0.1) is 0 Å². The fourth-order valence-electron chi connectivity index (χ4n) is 0.934. The summed E-state index contributed by atoms with van der Waals surface area (Å²) in [4.78, 5) is 2.60. The largest absolute Gasteiger partial charge is 0.383 e. The van der Waals surface area contributed by atoms with Gasteiger partial charge in [0.1, 0.15) is 4.99 Å². The van der Waals surface area contributed by atoms with Crippen LogP contribution < -0.4 is 5.32 Å². The van der Waals surface area contributed by atoms with Gasteiger partial charge in [-0.2, -0.15) is 0 Å². The topological polar surface area (TPSA) is 15.3 Å². The molecule has 4 heteroatoms. The van der Waals surface area contributed by atoms with E-state index in [4.69, 9.17) is 23.8 Å². The summed E-state index contributed by atoms with van der Waals surface area (Å²) in [6.45, 7) is 0. The summed E-state index contributed by atoms with van der Waals surface area (Å²) in [6, 6.07) is 7.42. The van der Waals surface area contributed by atoms with Crippen molar-refractivity contribution in [2.24, 2.45) is 0 Å². The van der Waals surface area contributed by atoms with Crippen LogP contribution in [0.2, 0.25) is 5.02 Å². The molecule has 1 N–H and O–H groups in total. The van der Waals surface area contributed by atoms with Crippen molar-refractivity contribution in [2.45, 2.75) is 0 Å². The molecule has 2 nitrogen and oxygen atoms in total. The first-order chi connectivity index (χ1) is 7.08. The molecule has 0 aromatic heterocycles. The molecule has 0 aliphatic heterocycles. The van der Waals surface area contributed by atoms with Crippen LogP contribution in [0.5, 0.6) is 0 Å². The van der Waals surface area contributed by atoms with Crippen LogP contribution in [0.3, 0.4) is 0 Å². The van der Waals surface area contributed by atoms with Crippen molar-refractivity contribution < 1.29 is 0 Å². The third kappa shape index (κ3) is 4.81. The molecule has 1 aromatic carbocycles. The highest BCUT2D eigenvalue weighted by molar-refractivity contribution is 7.81. The number of nitrogens with one attached hydrogen (secondary N) is 1.